The highest BCUT2D eigenvalue weighted by Crippen LogP contribution is 2.31. The van der Waals surface area contributed by atoms with Gasteiger partial charge in [-0.1, -0.05) is 23.7 Å². The van der Waals surface area contributed by atoms with Gasteiger partial charge in [-0.3, -0.25) is 0 Å². The van der Waals surface area contributed by atoms with Gasteiger partial charge in [0.1, 0.15) is 17.7 Å². The fraction of sp³-hybridized carbons (Fsp3) is 0.300. The van der Waals surface area contributed by atoms with Crippen molar-refractivity contribution in [1.29, 1.82) is 0 Å². The van der Waals surface area contributed by atoms with Crippen molar-refractivity contribution in [3.63, 3.8) is 0 Å². The Hall–Kier alpha value is -2.97. The molecule has 0 radical (unpaired) electrons. The predicted molar refractivity (Wildman–Crippen MR) is 115 cm³/mol. The SMILES string of the molecule is COCCCNc1nc2c(Cl)cccc2cc1C(C)Nc1ncnc2[nH]cnc12. The number of imidazole rings is 1. The number of halogens is 1. The van der Waals surface area contributed by atoms with Crippen LogP contribution in [0.3, 0.4) is 0 Å². The Morgan fingerprint density at radius 3 is 2.93 bits per heavy atom. The van der Waals surface area contributed by atoms with Crippen LogP contribution in [-0.4, -0.2) is 45.2 Å². The molecule has 3 aromatic heterocycles. The number of methoxy groups -OCH3 is 1. The minimum absolute atomic E-state index is 0.0781. The summed E-state index contributed by atoms with van der Waals surface area (Å²) in [5, 5.41) is 8.47. The summed E-state index contributed by atoms with van der Waals surface area (Å²) >= 11 is 6.37. The van der Waals surface area contributed by atoms with Crippen molar-refractivity contribution in [2.75, 3.05) is 30.9 Å². The number of pyridine rings is 1. The van der Waals surface area contributed by atoms with E-state index >= 15 is 0 Å². The Balaban J connectivity index is 1.68. The zero-order valence-corrected chi connectivity index (χ0v) is 17.0. The second kappa shape index (κ2) is 8.59. The fourth-order valence-electron chi connectivity index (χ4n) is 3.23. The van der Waals surface area contributed by atoms with Crippen molar-refractivity contribution in [1.82, 2.24) is 24.9 Å². The number of aromatic nitrogens is 5. The van der Waals surface area contributed by atoms with Gasteiger partial charge in [-0.15, -0.1) is 0 Å². The van der Waals surface area contributed by atoms with E-state index < -0.39 is 0 Å². The van der Waals surface area contributed by atoms with Gasteiger partial charge < -0.3 is 20.4 Å². The third kappa shape index (κ3) is 4.08. The molecule has 0 bridgehead atoms. The molecule has 0 aliphatic rings. The molecule has 0 fully saturated rings. The molecule has 1 unspecified atom stereocenters. The highest BCUT2D eigenvalue weighted by molar-refractivity contribution is 6.35. The summed E-state index contributed by atoms with van der Waals surface area (Å²) < 4.78 is 5.14. The molecule has 3 N–H and O–H groups in total. The van der Waals surface area contributed by atoms with Crippen molar-refractivity contribution in [2.45, 2.75) is 19.4 Å². The number of para-hydroxylation sites is 1. The number of nitrogens with zero attached hydrogens (tertiary/aromatic N) is 4. The summed E-state index contributed by atoms with van der Waals surface area (Å²) in [5.41, 5.74) is 3.18. The van der Waals surface area contributed by atoms with Gasteiger partial charge in [0.25, 0.3) is 0 Å². The van der Waals surface area contributed by atoms with Gasteiger partial charge in [-0.2, -0.15) is 0 Å². The Morgan fingerprint density at radius 2 is 2.07 bits per heavy atom. The molecular formula is C20H22ClN7O. The van der Waals surface area contributed by atoms with Gasteiger partial charge in [0.05, 0.1) is 22.9 Å². The van der Waals surface area contributed by atoms with Crippen LogP contribution in [0.1, 0.15) is 24.9 Å². The average molecular weight is 412 g/mol. The molecular weight excluding hydrogens is 390 g/mol. The standard InChI is InChI=1S/C20H22ClN7O/c1-12(27-20-17-19(24-10-23-17)25-11-26-20)14-9-13-5-3-6-15(21)16(13)28-18(14)22-7-4-8-29-2/h3,5-6,9-12H,4,7-8H2,1-2H3,(H,22,28)(H2,23,24,25,26,27). The predicted octanol–water partition coefficient (Wildman–Crippen LogP) is 4.18. The number of benzene rings is 1. The Morgan fingerprint density at radius 1 is 1.17 bits per heavy atom. The molecule has 0 saturated heterocycles. The number of H-pyrrole nitrogens is 1. The Kier molecular flexibility index (Phi) is 5.73. The third-order valence-corrected chi connectivity index (χ3v) is 4.99. The van der Waals surface area contributed by atoms with Crippen LogP contribution in [-0.2, 0) is 4.74 Å². The Bertz CT molecular complexity index is 1130. The number of hydrogen-bond acceptors (Lipinski definition) is 7. The molecule has 150 valence electrons. The first kappa shape index (κ1) is 19.4. The van der Waals surface area contributed by atoms with Crippen LogP contribution in [0.25, 0.3) is 22.1 Å². The van der Waals surface area contributed by atoms with Gasteiger partial charge in [0.2, 0.25) is 0 Å². The van der Waals surface area contributed by atoms with Crippen LogP contribution in [0, 0.1) is 0 Å². The highest BCUT2D eigenvalue weighted by Gasteiger charge is 2.17. The molecule has 8 nitrogen and oxygen atoms in total. The maximum absolute atomic E-state index is 6.37. The molecule has 0 spiro atoms. The van der Waals surface area contributed by atoms with E-state index in [0.717, 1.165) is 35.2 Å². The highest BCUT2D eigenvalue weighted by atomic mass is 35.5. The summed E-state index contributed by atoms with van der Waals surface area (Å²) in [6, 6.07) is 7.81. The summed E-state index contributed by atoms with van der Waals surface area (Å²) in [6.07, 6.45) is 4.00. The Labute approximate surface area is 173 Å². The number of nitrogens with one attached hydrogen (secondary N) is 3. The number of ether oxygens (including phenoxy) is 1. The normalized spacial score (nSPS) is 12.4. The van der Waals surface area contributed by atoms with Gasteiger partial charge in [0, 0.05) is 31.2 Å². The number of aromatic amines is 1. The number of rotatable bonds is 8. The summed E-state index contributed by atoms with van der Waals surface area (Å²) in [4.78, 5) is 20.7. The fourth-order valence-corrected chi connectivity index (χ4v) is 3.45. The van der Waals surface area contributed by atoms with Crippen molar-refractivity contribution >= 4 is 45.3 Å². The van der Waals surface area contributed by atoms with Crippen LogP contribution in [0.15, 0.2) is 36.9 Å². The number of anilines is 2. The molecule has 1 aromatic carbocycles. The second-order valence-corrected chi connectivity index (χ2v) is 7.11. The van der Waals surface area contributed by atoms with E-state index in [1.165, 1.54) is 6.33 Å². The van der Waals surface area contributed by atoms with Crippen LogP contribution in [0.2, 0.25) is 5.02 Å². The van der Waals surface area contributed by atoms with Gasteiger partial charge >= 0.3 is 0 Å². The van der Waals surface area contributed by atoms with Gasteiger partial charge in [-0.05, 0) is 25.5 Å². The zero-order valence-electron chi connectivity index (χ0n) is 16.2. The minimum atomic E-state index is -0.0781. The van der Waals surface area contributed by atoms with Crippen LogP contribution in [0.4, 0.5) is 11.6 Å². The summed E-state index contributed by atoms with van der Waals surface area (Å²) in [6.45, 7) is 3.49. The van der Waals surface area contributed by atoms with Crippen LogP contribution >= 0.6 is 11.6 Å². The van der Waals surface area contributed by atoms with E-state index in [2.05, 4.69) is 43.6 Å². The average Bonchev–Trinajstić information content (AvgIpc) is 3.21. The maximum atomic E-state index is 6.37. The van der Waals surface area contributed by atoms with Crippen molar-refractivity contribution in [3.8, 4) is 0 Å². The first-order valence-corrected chi connectivity index (χ1v) is 9.77. The lowest BCUT2D eigenvalue weighted by atomic mass is 10.1. The second-order valence-electron chi connectivity index (χ2n) is 6.70. The van der Waals surface area contributed by atoms with E-state index in [0.29, 0.717) is 28.6 Å². The van der Waals surface area contributed by atoms with E-state index in [-0.39, 0.29) is 6.04 Å². The summed E-state index contributed by atoms with van der Waals surface area (Å²) in [7, 11) is 1.70. The molecule has 29 heavy (non-hydrogen) atoms. The molecule has 1 atom stereocenters. The van der Waals surface area contributed by atoms with Crippen molar-refractivity contribution in [2.24, 2.45) is 0 Å². The van der Waals surface area contributed by atoms with Crippen molar-refractivity contribution in [3.05, 3.63) is 47.5 Å². The number of hydrogen-bond donors (Lipinski definition) is 3. The molecule has 9 heteroatoms. The van der Waals surface area contributed by atoms with E-state index in [1.54, 1.807) is 13.4 Å². The minimum Gasteiger partial charge on any atom is -0.385 e. The third-order valence-electron chi connectivity index (χ3n) is 4.68. The monoisotopic (exact) mass is 411 g/mol. The lowest BCUT2D eigenvalue weighted by Gasteiger charge is -2.20. The smallest absolute Gasteiger partial charge is 0.162 e. The van der Waals surface area contributed by atoms with Crippen LogP contribution < -0.4 is 10.6 Å². The van der Waals surface area contributed by atoms with Gasteiger partial charge in [0.15, 0.2) is 11.5 Å². The quantitative estimate of drug-likeness (QED) is 0.374. The van der Waals surface area contributed by atoms with E-state index in [4.69, 9.17) is 21.3 Å². The number of fused-ring (bicyclic) bond motifs is 2. The largest absolute Gasteiger partial charge is 0.385 e. The molecule has 4 aromatic rings. The van der Waals surface area contributed by atoms with E-state index in [9.17, 15) is 0 Å². The molecule has 0 amide bonds. The van der Waals surface area contributed by atoms with Crippen LogP contribution in [0.5, 0.6) is 0 Å². The van der Waals surface area contributed by atoms with Crippen molar-refractivity contribution < 1.29 is 4.74 Å². The van der Waals surface area contributed by atoms with Gasteiger partial charge in [-0.25, -0.2) is 19.9 Å². The maximum Gasteiger partial charge on any atom is 0.162 e. The first-order chi connectivity index (χ1) is 14.2. The zero-order chi connectivity index (χ0) is 20.2. The molecule has 0 saturated carbocycles. The van der Waals surface area contributed by atoms with E-state index in [1.807, 2.05) is 18.2 Å². The molecule has 3 heterocycles. The molecule has 0 aliphatic heterocycles. The molecule has 0 aliphatic carbocycles. The lowest BCUT2D eigenvalue weighted by molar-refractivity contribution is 0.197. The topological polar surface area (TPSA) is 101 Å². The summed E-state index contributed by atoms with van der Waals surface area (Å²) in [5.74, 6) is 1.45. The molecule has 4 rings (SSSR count). The lowest BCUT2D eigenvalue weighted by Crippen LogP contribution is -2.14. The first-order valence-electron chi connectivity index (χ1n) is 9.40.